The SMILES string of the molecule is Cc1ccc(NS(C)(=O)=O)c2c1C(C#N)=CC2. The first-order chi connectivity index (χ1) is 7.92. The Hall–Kier alpha value is -1.80. The van der Waals surface area contributed by atoms with Crippen molar-refractivity contribution in [3.8, 4) is 6.07 Å². The number of fused-ring (bicyclic) bond motifs is 1. The van der Waals surface area contributed by atoms with Crippen molar-refractivity contribution in [1.82, 2.24) is 0 Å². The highest BCUT2D eigenvalue weighted by Gasteiger charge is 2.20. The Morgan fingerprint density at radius 1 is 1.41 bits per heavy atom. The minimum absolute atomic E-state index is 0.564. The van der Waals surface area contributed by atoms with Gasteiger partial charge in [0.2, 0.25) is 10.0 Å². The van der Waals surface area contributed by atoms with Crippen LogP contribution >= 0.6 is 0 Å². The summed E-state index contributed by atoms with van der Waals surface area (Å²) in [6.07, 6.45) is 3.54. The van der Waals surface area contributed by atoms with E-state index in [0.717, 1.165) is 22.9 Å². The van der Waals surface area contributed by atoms with Crippen molar-refractivity contribution in [2.75, 3.05) is 11.0 Å². The summed E-state index contributed by atoms with van der Waals surface area (Å²) in [5.41, 5.74) is 3.92. The topological polar surface area (TPSA) is 70.0 Å². The Morgan fingerprint density at radius 3 is 2.71 bits per heavy atom. The van der Waals surface area contributed by atoms with E-state index < -0.39 is 10.0 Å². The molecule has 1 aliphatic rings. The molecule has 0 radical (unpaired) electrons. The van der Waals surface area contributed by atoms with Crippen molar-refractivity contribution in [2.24, 2.45) is 0 Å². The monoisotopic (exact) mass is 248 g/mol. The van der Waals surface area contributed by atoms with Gasteiger partial charge >= 0.3 is 0 Å². The molecule has 88 valence electrons. The number of hydrogen-bond acceptors (Lipinski definition) is 3. The Bertz CT molecular complexity index is 652. The van der Waals surface area contributed by atoms with Crippen molar-refractivity contribution in [2.45, 2.75) is 13.3 Å². The second-order valence-electron chi connectivity index (χ2n) is 4.09. The number of sulfonamides is 1. The molecule has 2 rings (SSSR count). The zero-order chi connectivity index (χ0) is 12.6. The van der Waals surface area contributed by atoms with Gasteiger partial charge in [-0.3, -0.25) is 4.72 Å². The summed E-state index contributed by atoms with van der Waals surface area (Å²) in [6.45, 7) is 1.92. The molecule has 1 aromatic carbocycles. The number of rotatable bonds is 2. The van der Waals surface area contributed by atoms with Crippen molar-refractivity contribution >= 4 is 21.3 Å². The number of anilines is 1. The molecule has 0 aliphatic heterocycles. The van der Waals surface area contributed by atoms with Gasteiger partial charge in [-0.1, -0.05) is 12.1 Å². The molecule has 0 unspecified atom stereocenters. The first-order valence-electron chi connectivity index (χ1n) is 5.13. The zero-order valence-electron chi connectivity index (χ0n) is 9.61. The second-order valence-corrected chi connectivity index (χ2v) is 5.84. The smallest absolute Gasteiger partial charge is 0.229 e. The van der Waals surface area contributed by atoms with Gasteiger partial charge in [0.25, 0.3) is 0 Å². The fraction of sp³-hybridized carbons (Fsp3) is 0.250. The number of nitrogens with zero attached hydrogens (tertiary/aromatic N) is 1. The molecule has 0 atom stereocenters. The lowest BCUT2D eigenvalue weighted by molar-refractivity contribution is 0.606. The van der Waals surface area contributed by atoms with E-state index in [4.69, 9.17) is 5.26 Å². The van der Waals surface area contributed by atoms with Crippen LogP contribution in [-0.2, 0) is 16.4 Å². The first-order valence-corrected chi connectivity index (χ1v) is 7.02. The van der Waals surface area contributed by atoms with Crippen LogP contribution in [0.15, 0.2) is 18.2 Å². The van der Waals surface area contributed by atoms with Crippen LogP contribution in [0.4, 0.5) is 5.69 Å². The Morgan fingerprint density at radius 2 is 2.12 bits per heavy atom. The van der Waals surface area contributed by atoms with Gasteiger partial charge < -0.3 is 0 Å². The molecule has 17 heavy (non-hydrogen) atoms. The van der Waals surface area contributed by atoms with Gasteiger partial charge in [0.15, 0.2) is 0 Å². The van der Waals surface area contributed by atoms with Crippen LogP contribution in [0.3, 0.4) is 0 Å². The molecular formula is C12H12N2O2S. The molecule has 1 N–H and O–H groups in total. The zero-order valence-corrected chi connectivity index (χ0v) is 10.4. The molecule has 0 saturated heterocycles. The van der Waals surface area contributed by atoms with E-state index in [0.29, 0.717) is 17.7 Å². The van der Waals surface area contributed by atoms with Gasteiger partial charge in [0.1, 0.15) is 0 Å². The molecule has 0 fully saturated rings. The maximum absolute atomic E-state index is 11.2. The fourth-order valence-corrected chi connectivity index (χ4v) is 2.65. The number of benzene rings is 1. The third kappa shape index (κ3) is 2.17. The summed E-state index contributed by atoms with van der Waals surface area (Å²) in [4.78, 5) is 0. The van der Waals surface area contributed by atoms with Gasteiger partial charge in [-0.2, -0.15) is 5.26 Å². The van der Waals surface area contributed by atoms with Gasteiger partial charge in [-0.05, 0) is 30.5 Å². The Labute approximate surface area is 101 Å². The number of allylic oxidation sites excluding steroid dienone is 2. The van der Waals surface area contributed by atoms with Crippen molar-refractivity contribution in [3.05, 3.63) is 34.9 Å². The number of nitriles is 1. The third-order valence-corrected chi connectivity index (χ3v) is 3.31. The lowest BCUT2D eigenvalue weighted by atomic mass is 9.99. The van der Waals surface area contributed by atoms with E-state index in [-0.39, 0.29) is 0 Å². The quantitative estimate of drug-likeness (QED) is 0.868. The predicted octanol–water partition coefficient (Wildman–Crippen LogP) is 1.83. The normalized spacial score (nSPS) is 13.8. The molecule has 4 nitrogen and oxygen atoms in total. The Balaban J connectivity index is 2.56. The summed E-state index contributed by atoms with van der Waals surface area (Å²) in [7, 11) is -3.29. The van der Waals surface area contributed by atoms with E-state index in [1.807, 2.05) is 19.1 Å². The average molecular weight is 248 g/mol. The van der Waals surface area contributed by atoms with Crippen molar-refractivity contribution in [3.63, 3.8) is 0 Å². The van der Waals surface area contributed by atoms with Crippen LogP contribution in [0.1, 0.15) is 16.7 Å². The number of nitrogens with one attached hydrogen (secondary N) is 1. The summed E-state index contributed by atoms with van der Waals surface area (Å²) in [6, 6.07) is 5.70. The summed E-state index contributed by atoms with van der Waals surface area (Å²) < 4.78 is 25.0. The van der Waals surface area contributed by atoms with Gasteiger partial charge in [-0.25, -0.2) is 8.42 Å². The molecule has 5 heteroatoms. The summed E-state index contributed by atoms with van der Waals surface area (Å²) in [5, 5.41) is 9.00. The van der Waals surface area contributed by atoms with E-state index in [1.54, 1.807) is 6.07 Å². The largest absolute Gasteiger partial charge is 0.283 e. The van der Waals surface area contributed by atoms with Crippen molar-refractivity contribution < 1.29 is 8.42 Å². The number of hydrogen-bond donors (Lipinski definition) is 1. The maximum atomic E-state index is 11.2. The van der Waals surface area contributed by atoms with Crippen LogP contribution < -0.4 is 4.72 Å². The molecule has 1 aliphatic carbocycles. The Kier molecular flexibility index (Phi) is 2.68. The number of aryl methyl sites for hydroxylation is 1. The fourth-order valence-electron chi connectivity index (χ4n) is 2.06. The molecule has 0 aromatic heterocycles. The van der Waals surface area contributed by atoms with Crippen LogP contribution in [0.2, 0.25) is 0 Å². The van der Waals surface area contributed by atoms with E-state index in [2.05, 4.69) is 10.8 Å². The van der Waals surface area contributed by atoms with E-state index >= 15 is 0 Å². The molecule has 0 heterocycles. The third-order valence-electron chi connectivity index (χ3n) is 2.72. The maximum Gasteiger partial charge on any atom is 0.229 e. The highest BCUT2D eigenvalue weighted by Crippen LogP contribution is 2.35. The summed E-state index contributed by atoms with van der Waals surface area (Å²) in [5.74, 6) is 0. The highest BCUT2D eigenvalue weighted by molar-refractivity contribution is 7.92. The second kappa shape index (κ2) is 3.90. The molecule has 0 spiro atoms. The van der Waals surface area contributed by atoms with Gasteiger partial charge in [-0.15, -0.1) is 0 Å². The molecule has 0 saturated carbocycles. The standard InChI is InChI=1S/C12H12N2O2S/c1-8-3-6-11(14-17(2,15)16)10-5-4-9(7-13)12(8)10/h3-4,6,14H,5H2,1-2H3. The predicted molar refractivity (Wildman–Crippen MR) is 66.9 cm³/mol. The first kappa shape index (κ1) is 11.7. The summed E-state index contributed by atoms with van der Waals surface area (Å²) >= 11 is 0. The van der Waals surface area contributed by atoms with Crippen LogP contribution in [0.5, 0.6) is 0 Å². The van der Waals surface area contributed by atoms with Crippen LogP contribution in [0.25, 0.3) is 5.57 Å². The molecule has 0 amide bonds. The van der Waals surface area contributed by atoms with Crippen LogP contribution in [-0.4, -0.2) is 14.7 Å². The minimum Gasteiger partial charge on any atom is -0.283 e. The highest BCUT2D eigenvalue weighted by atomic mass is 32.2. The molecule has 0 bridgehead atoms. The van der Waals surface area contributed by atoms with E-state index in [9.17, 15) is 8.42 Å². The lowest BCUT2D eigenvalue weighted by Gasteiger charge is -2.12. The van der Waals surface area contributed by atoms with Gasteiger partial charge in [0, 0.05) is 5.56 Å². The van der Waals surface area contributed by atoms with Crippen molar-refractivity contribution in [1.29, 1.82) is 5.26 Å². The van der Waals surface area contributed by atoms with Crippen LogP contribution in [0, 0.1) is 18.3 Å². The van der Waals surface area contributed by atoms with E-state index in [1.165, 1.54) is 0 Å². The molecule has 1 aromatic rings. The minimum atomic E-state index is -3.29. The lowest BCUT2D eigenvalue weighted by Crippen LogP contribution is -2.11. The average Bonchev–Trinajstić information content (AvgIpc) is 2.65. The molecular weight excluding hydrogens is 236 g/mol. The van der Waals surface area contributed by atoms with Gasteiger partial charge in [0.05, 0.1) is 23.6 Å².